The first kappa shape index (κ1) is 16.3. The highest BCUT2D eigenvalue weighted by Crippen LogP contribution is 2.35. The summed E-state index contributed by atoms with van der Waals surface area (Å²) in [5.41, 5.74) is 0.607. The Morgan fingerprint density at radius 3 is 2.65 bits per heavy atom. The molecular formula is C15H22O5. The highest BCUT2D eigenvalue weighted by atomic mass is 16.5. The minimum absolute atomic E-state index is 0.168. The lowest BCUT2D eigenvalue weighted by molar-refractivity contribution is -0.144. The Bertz CT molecular complexity index is 430. The van der Waals surface area contributed by atoms with E-state index in [9.17, 15) is 9.90 Å². The Morgan fingerprint density at radius 2 is 2.05 bits per heavy atom. The van der Waals surface area contributed by atoms with E-state index in [2.05, 4.69) is 0 Å². The lowest BCUT2D eigenvalue weighted by atomic mass is 10.0. The van der Waals surface area contributed by atoms with Crippen LogP contribution in [0.15, 0.2) is 18.2 Å². The van der Waals surface area contributed by atoms with Gasteiger partial charge >= 0.3 is 5.97 Å². The summed E-state index contributed by atoms with van der Waals surface area (Å²) in [5.74, 6) is 0.745. The Balaban J connectivity index is 2.67. The van der Waals surface area contributed by atoms with Crippen LogP contribution in [0.2, 0.25) is 0 Å². The monoisotopic (exact) mass is 282 g/mol. The maximum absolute atomic E-state index is 11.4. The molecule has 1 aromatic rings. The van der Waals surface area contributed by atoms with Crippen molar-refractivity contribution in [1.29, 1.82) is 0 Å². The van der Waals surface area contributed by atoms with Crippen LogP contribution >= 0.6 is 0 Å². The molecular weight excluding hydrogens is 260 g/mol. The van der Waals surface area contributed by atoms with Crippen LogP contribution in [0.25, 0.3) is 0 Å². The predicted molar refractivity (Wildman–Crippen MR) is 75.0 cm³/mol. The molecule has 1 N–H and O–H groups in total. The van der Waals surface area contributed by atoms with Crippen LogP contribution in [0.1, 0.15) is 37.9 Å². The molecule has 0 fully saturated rings. The van der Waals surface area contributed by atoms with Crippen LogP contribution in [0, 0.1) is 0 Å². The second-order valence-corrected chi connectivity index (χ2v) is 4.36. The molecule has 0 aliphatic heterocycles. The maximum atomic E-state index is 11.4. The van der Waals surface area contributed by atoms with Crippen molar-refractivity contribution < 1.29 is 24.1 Å². The number of hydrogen-bond donors (Lipinski definition) is 1. The van der Waals surface area contributed by atoms with E-state index in [1.54, 1.807) is 18.2 Å². The number of hydrogen-bond acceptors (Lipinski definition) is 5. The van der Waals surface area contributed by atoms with Crippen molar-refractivity contribution in [3.8, 4) is 11.5 Å². The Labute approximate surface area is 119 Å². The molecule has 5 heteroatoms. The topological polar surface area (TPSA) is 65.0 Å². The fraction of sp³-hybridized carbons (Fsp3) is 0.533. The van der Waals surface area contributed by atoms with Crippen molar-refractivity contribution in [2.24, 2.45) is 0 Å². The van der Waals surface area contributed by atoms with E-state index in [1.165, 1.54) is 14.2 Å². The highest BCUT2D eigenvalue weighted by molar-refractivity contribution is 5.69. The standard InChI is InChI=1S/C15H22O5/c1-4-10-20-14(17)9-8-12(16)11-6-5-7-13(18-2)15(11)19-3/h5-7,12,16H,4,8-10H2,1-3H3. The zero-order valence-electron chi connectivity index (χ0n) is 12.2. The molecule has 0 bridgehead atoms. The van der Waals surface area contributed by atoms with E-state index < -0.39 is 6.10 Å². The normalized spacial score (nSPS) is 11.8. The molecule has 112 valence electrons. The van der Waals surface area contributed by atoms with Gasteiger partial charge in [-0.1, -0.05) is 19.1 Å². The summed E-state index contributed by atoms with van der Waals surface area (Å²) >= 11 is 0. The Kier molecular flexibility index (Phi) is 6.87. The first-order valence-corrected chi connectivity index (χ1v) is 6.68. The van der Waals surface area contributed by atoms with Crippen LogP contribution in [-0.2, 0) is 9.53 Å². The lowest BCUT2D eigenvalue weighted by Crippen LogP contribution is -2.09. The molecule has 0 spiro atoms. The van der Waals surface area contributed by atoms with Crippen LogP contribution < -0.4 is 9.47 Å². The van der Waals surface area contributed by atoms with Crippen molar-refractivity contribution in [1.82, 2.24) is 0 Å². The first-order chi connectivity index (χ1) is 9.63. The third-order valence-electron chi connectivity index (χ3n) is 2.88. The molecule has 1 unspecified atom stereocenters. The molecule has 0 radical (unpaired) electrons. The van der Waals surface area contributed by atoms with E-state index in [-0.39, 0.29) is 18.8 Å². The van der Waals surface area contributed by atoms with Crippen molar-refractivity contribution in [3.05, 3.63) is 23.8 Å². The average Bonchev–Trinajstić information content (AvgIpc) is 2.49. The molecule has 1 aromatic carbocycles. The van der Waals surface area contributed by atoms with Crippen LogP contribution in [-0.4, -0.2) is 31.9 Å². The van der Waals surface area contributed by atoms with E-state index in [0.717, 1.165) is 6.42 Å². The number of rotatable bonds is 8. The largest absolute Gasteiger partial charge is 0.493 e. The highest BCUT2D eigenvalue weighted by Gasteiger charge is 2.18. The van der Waals surface area contributed by atoms with Gasteiger partial charge in [-0.3, -0.25) is 4.79 Å². The van der Waals surface area contributed by atoms with Gasteiger partial charge in [-0.2, -0.15) is 0 Å². The van der Waals surface area contributed by atoms with Gasteiger partial charge in [0.1, 0.15) is 0 Å². The number of methoxy groups -OCH3 is 2. The fourth-order valence-electron chi connectivity index (χ4n) is 1.87. The molecule has 0 aromatic heterocycles. The van der Waals surface area contributed by atoms with Crippen LogP contribution in [0.3, 0.4) is 0 Å². The van der Waals surface area contributed by atoms with Gasteiger partial charge in [0.15, 0.2) is 11.5 Å². The minimum atomic E-state index is -0.797. The van der Waals surface area contributed by atoms with E-state index in [4.69, 9.17) is 14.2 Å². The second-order valence-electron chi connectivity index (χ2n) is 4.36. The van der Waals surface area contributed by atoms with Crippen LogP contribution in [0.4, 0.5) is 0 Å². The molecule has 1 atom stereocenters. The summed E-state index contributed by atoms with van der Waals surface area (Å²) in [7, 11) is 3.06. The Hall–Kier alpha value is -1.75. The SMILES string of the molecule is CCCOC(=O)CCC(O)c1cccc(OC)c1OC. The Morgan fingerprint density at radius 1 is 1.30 bits per heavy atom. The minimum Gasteiger partial charge on any atom is -0.493 e. The number of ether oxygens (including phenoxy) is 3. The molecule has 0 saturated carbocycles. The summed E-state index contributed by atoms with van der Waals surface area (Å²) in [6.45, 7) is 2.35. The number of aliphatic hydroxyl groups excluding tert-OH is 1. The van der Waals surface area contributed by atoms with Crippen LogP contribution in [0.5, 0.6) is 11.5 Å². The van der Waals surface area contributed by atoms with Gasteiger partial charge in [0.05, 0.1) is 26.9 Å². The number of carbonyl (C=O) groups is 1. The zero-order valence-corrected chi connectivity index (χ0v) is 12.2. The number of benzene rings is 1. The fourth-order valence-corrected chi connectivity index (χ4v) is 1.87. The average molecular weight is 282 g/mol. The first-order valence-electron chi connectivity index (χ1n) is 6.68. The second kappa shape index (κ2) is 8.43. The number of para-hydroxylation sites is 1. The quantitative estimate of drug-likeness (QED) is 0.742. The van der Waals surface area contributed by atoms with E-state index >= 15 is 0 Å². The third-order valence-corrected chi connectivity index (χ3v) is 2.88. The predicted octanol–water partition coefficient (Wildman–Crippen LogP) is 2.47. The number of aliphatic hydroxyl groups is 1. The van der Waals surface area contributed by atoms with Crippen molar-refractivity contribution >= 4 is 5.97 Å². The van der Waals surface area contributed by atoms with E-state index in [1.807, 2.05) is 6.92 Å². The maximum Gasteiger partial charge on any atom is 0.305 e. The van der Waals surface area contributed by atoms with Gasteiger partial charge in [0, 0.05) is 12.0 Å². The van der Waals surface area contributed by atoms with E-state index in [0.29, 0.717) is 23.7 Å². The smallest absolute Gasteiger partial charge is 0.305 e. The van der Waals surface area contributed by atoms with Gasteiger partial charge in [0.25, 0.3) is 0 Å². The summed E-state index contributed by atoms with van der Waals surface area (Å²) < 4.78 is 15.4. The van der Waals surface area contributed by atoms with Gasteiger partial charge in [0.2, 0.25) is 0 Å². The van der Waals surface area contributed by atoms with Gasteiger partial charge in [-0.25, -0.2) is 0 Å². The van der Waals surface area contributed by atoms with Gasteiger partial charge < -0.3 is 19.3 Å². The summed E-state index contributed by atoms with van der Waals surface area (Å²) in [4.78, 5) is 11.4. The van der Waals surface area contributed by atoms with Gasteiger partial charge in [-0.05, 0) is 18.9 Å². The molecule has 0 saturated heterocycles. The number of carbonyl (C=O) groups excluding carboxylic acids is 1. The zero-order chi connectivity index (χ0) is 15.0. The molecule has 5 nitrogen and oxygen atoms in total. The molecule has 1 rings (SSSR count). The molecule has 0 aliphatic carbocycles. The van der Waals surface area contributed by atoms with Crippen molar-refractivity contribution in [2.75, 3.05) is 20.8 Å². The third kappa shape index (κ3) is 4.42. The molecule has 0 heterocycles. The summed E-state index contributed by atoms with van der Waals surface area (Å²) in [5, 5.41) is 10.2. The van der Waals surface area contributed by atoms with Crippen molar-refractivity contribution in [3.63, 3.8) is 0 Å². The summed E-state index contributed by atoms with van der Waals surface area (Å²) in [6.07, 6.45) is 0.445. The number of esters is 1. The molecule has 0 amide bonds. The summed E-state index contributed by atoms with van der Waals surface area (Å²) in [6, 6.07) is 5.28. The van der Waals surface area contributed by atoms with Gasteiger partial charge in [-0.15, -0.1) is 0 Å². The molecule has 20 heavy (non-hydrogen) atoms. The molecule has 0 aliphatic rings. The van der Waals surface area contributed by atoms with Crippen molar-refractivity contribution in [2.45, 2.75) is 32.3 Å². The lowest BCUT2D eigenvalue weighted by Gasteiger charge is -2.16.